The summed E-state index contributed by atoms with van der Waals surface area (Å²) in [6.07, 6.45) is 0. The molecule has 0 saturated heterocycles. The van der Waals surface area contributed by atoms with Crippen LogP contribution >= 0.6 is 0 Å². The van der Waals surface area contributed by atoms with Crippen LogP contribution in [0.4, 0.5) is 0 Å². The average molecular weight is 789 g/mol. The summed E-state index contributed by atoms with van der Waals surface area (Å²) in [6.45, 7) is 2.37. The third-order valence-electron chi connectivity index (χ3n) is 13.2. The summed E-state index contributed by atoms with van der Waals surface area (Å²) in [6, 6.07) is 81.2. The largest absolute Gasteiger partial charge is 0.228 e. The molecule has 0 bridgehead atoms. The van der Waals surface area contributed by atoms with Crippen molar-refractivity contribution in [1.82, 2.24) is 9.97 Å². The van der Waals surface area contributed by atoms with E-state index in [4.69, 9.17) is 9.97 Å². The first-order valence-corrected chi connectivity index (χ1v) is 21.4. The van der Waals surface area contributed by atoms with Gasteiger partial charge < -0.3 is 0 Å². The Bertz CT molecular complexity index is 3500. The number of hydrogen-bond acceptors (Lipinski definition) is 2. The van der Waals surface area contributed by atoms with Crippen molar-refractivity contribution >= 4 is 32.3 Å². The van der Waals surface area contributed by atoms with Crippen LogP contribution in [-0.4, -0.2) is 9.97 Å². The van der Waals surface area contributed by atoms with Crippen LogP contribution in [0.15, 0.2) is 224 Å². The molecule has 62 heavy (non-hydrogen) atoms. The summed E-state index contributed by atoms with van der Waals surface area (Å²) in [7, 11) is 0. The predicted molar refractivity (Wildman–Crippen MR) is 259 cm³/mol. The van der Waals surface area contributed by atoms with Gasteiger partial charge in [-0.2, -0.15) is 0 Å². The number of aromatic nitrogens is 2. The van der Waals surface area contributed by atoms with Crippen LogP contribution in [0.1, 0.15) is 23.6 Å². The molecule has 0 aliphatic heterocycles. The summed E-state index contributed by atoms with van der Waals surface area (Å²) < 4.78 is 0. The predicted octanol–water partition coefficient (Wildman–Crippen LogP) is 15.6. The van der Waals surface area contributed by atoms with Gasteiger partial charge in [-0.3, -0.25) is 0 Å². The number of benzene rings is 10. The van der Waals surface area contributed by atoms with Crippen molar-refractivity contribution in [2.75, 3.05) is 0 Å². The first-order valence-electron chi connectivity index (χ1n) is 21.4. The van der Waals surface area contributed by atoms with Gasteiger partial charge in [0.15, 0.2) is 5.82 Å². The van der Waals surface area contributed by atoms with E-state index in [9.17, 15) is 0 Å². The number of nitrogens with zero attached hydrogens (tertiary/aromatic N) is 2. The van der Waals surface area contributed by atoms with Gasteiger partial charge in [0.05, 0.1) is 11.4 Å². The van der Waals surface area contributed by atoms with Crippen molar-refractivity contribution in [1.29, 1.82) is 0 Å². The molecule has 0 amide bonds. The Kier molecular flexibility index (Phi) is 8.33. The Morgan fingerprint density at radius 1 is 0.323 bits per heavy atom. The topological polar surface area (TPSA) is 25.8 Å². The van der Waals surface area contributed by atoms with Gasteiger partial charge in [-0.25, -0.2) is 9.97 Å². The lowest BCUT2D eigenvalue weighted by molar-refractivity contribution is 0.714. The van der Waals surface area contributed by atoms with E-state index in [1.807, 2.05) is 0 Å². The molecule has 0 spiro atoms. The van der Waals surface area contributed by atoms with Crippen LogP contribution in [0.25, 0.3) is 99.6 Å². The molecule has 0 radical (unpaired) electrons. The molecular formula is C60H40N2. The molecule has 11 aromatic rings. The lowest BCUT2D eigenvalue weighted by atomic mass is 9.74. The van der Waals surface area contributed by atoms with E-state index in [-0.39, 0.29) is 5.41 Å². The summed E-state index contributed by atoms with van der Waals surface area (Å²) in [5.74, 6) is 0.694. The van der Waals surface area contributed by atoms with Crippen molar-refractivity contribution < 1.29 is 0 Å². The van der Waals surface area contributed by atoms with Crippen molar-refractivity contribution in [3.63, 3.8) is 0 Å². The number of fused-ring (bicyclic) bond motifs is 7. The van der Waals surface area contributed by atoms with E-state index in [1.165, 1.54) is 76.8 Å². The molecular weight excluding hydrogens is 749 g/mol. The van der Waals surface area contributed by atoms with Crippen molar-refractivity contribution in [3.8, 4) is 67.3 Å². The van der Waals surface area contributed by atoms with Gasteiger partial charge in [0.1, 0.15) is 0 Å². The van der Waals surface area contributed by atoms with Crippen molar-refractivity contribution in [2.24, 2.45) is 0 Å². The van der Waals surface area contributed by atoms with Gasteiger partial charge in [-0.15, -0.1) is 0 Å². The zero-order valence-electron chi connectivity index (χ0n) is 34.3. The standard InChI is InChI=1S/C60H40N2/c1-60(47-18-6-3-7-19-47)54-23-13-12-22-50(54)51-34-33-46(37-55(51)60)57-38-56(42-26-24-40(25-27-42)39-14-4-2-5-15-39)61-59(62-57)44-30-28-43(29-31-44)58-49-21-11-9-17-45(49)36-53-48-20-10-8-16-41(48)32-35-52(53)58/h2-38H,1H3. The maximum absolute atomic E-state index is 5.39. The third kappa shape index (κ3) is 5.79. The Balaban J connectivity index is 1.01. The monoisotopic (exact) mass is 788 g/mol. The van der Waals surface area contributed by atoms with Crippen LogP contribution in [0, 0.1) is 0 Å². The highest BCUT2D eigenvalue weighted by Crippen LogP contribution is 2.53. The highest BCUT2D eigenvalue weighted by molar-refractivity contribution is 6.20. The molecule has 2 heteroatoms. The van der Waals surface area contributed by atoms with Gasteiger partial charge in [0.2, 0.25) is 0 Å². The first kappa shape index (κ1) is 36.0. The van der Waals surface area contributed by atoms with E-state index in [0.29, 0.717) is 5.82 Å². The minimum Gasteiger partial charge on any atom is -0.228 e. The second-order valence-corrected chi connectivity index (χ2v) is 16.6. The molecule has 0 fully saturated rings. The summed E-state index contributed by atoms with van der Waals surface area (Å²) in [5, 5.41) is 7.50. The summed E-state index contributed by atoms with van der Waals surface area (Å²) in [4.78, 5) is 10.7. The maximum atomic E-state index is 5.39. The summed E-state index contributed by atoms with van der Waals surface area (Å²) in [5.41, 5.74) is 15.8. The van der Waals surface area contributed by atoms with E-state index in [1.54, 1.807) is 0 Å². The van der Waals surface area contributed by atoms with Crippen LogP contribution in [0.2, 0.25) is 0 Å². The summed E-state index contributed by atoms with van der Waals surface area (Å²) >= 11 is 0. The molecule has 1 atom stereocenters. The lowest BCUT2D eigenvalue weighted by Crippen LogP contribution is -2.22. The first-order chi connectivity index (χ1) is 30.6. The minimum atomic E-state index is -0.316. The minimum absolute atomic E-state index is 0.316. The second-order valence-electron chi connectivity index (χ2n) is 16.6. The Labute approximate surface area is 361 Å². The maximum Gasteiger partial charge on any atom is 0.160 e. The fraction of sp³-hybridized carbons (Fsp3) is 0.0333. The van der Waals surface area contributed by atoms with Crippen LogP contribution in [-0.2, 0) is 5.41 Å². The van der Waals surface area contributed by atoms with Gasteiger partial charge in [-0.05, 0) is 108 Å². The Hall–Kier alpha value is -7.94. The van der Waals surface area contributed by atoms with Crippen LogP contribution < -0.4 is 0 Å². The molecule has 1 aliphatic carbocycles. The quantitative estimate of drug-likeness (QED) is 0.124. The SMILES string of the molecule is CC1(c2ccccc2)c2ccccc2-c2ccc(-c3cc(-c4ccc(-c5ccccc5)cc4)nc(-c4ccc(-c5c6ccccc6cc6c5ccc5ccccc56)cc4)n3)cc21. The Morgan fingerprint density at radius 2 is 0.887 bits per heavy atom. The van der Waals surface area contributed by atoms with Crippen molar-refractivity contribution in [2.45, 2.75) is 12.3 Å². The second kappa shape index (κ2) is 14.4. The molecule has 0 saturated carbocycles. The molecule has 10 aromatic carbocycles. The molecule has 0 N–H and O–H groups in total. The highest BCUT2D eigenvalue weighted by atomic mass is 14.9. The average Bonchev–Trinajstić information content (AvgIpc) is 3.61. The molecule has 1 unspecified atom stereocenters. The highest BCUT2D eigenvalue weighted by Gasteiger charge is 2.40. The number of hydrogen-bond donors (Lipinski definition) is 0. The van der Waals surface area contributed by atoms with Crippen LogP contribution in [0.5, 0.6) is 0 Å². The van der Waals surface area contributed by atoms with E-state index < -0.39 is 0 Å². The fourth-order valence-corrected chi connectivity index (χ4v) is 9.99. The molecule has 1 aromatic heterocycles. The zero-order chi connectivity index (χ0) is 41.2. The van der Waals surface area contributed by atoms with Gasteiger partial charge in [0, 0.05) is 22.1 Å². The van der Waals surface area contributed by atoms with Crippen molar-refractivity contribution in [3.05, 3.63) is 241 Å². The van der Waals surface area contributed by atoms with Gasteiger partial charge in [0.25, 0.3) is 0 Å². The molecule has 290 valence electrons. The Morgan fingerprint density at radius 3 is 1.68 bits per heavy atom. The van der Waals surface area contributed by atoms with Crippen LogP contribution in [0.3, 0.4) is 0 Å². The molecule has 1 aliphatic rings. The fourth-order valence-electron chi connectivity index (χ4n) is 9.99. The molecule has 1 heterocycles. The lowest BCUT2D eigenvalue weighted by Gasteiger charge is -2.28. The molecule has 12 rings (SSSR count). The zero-order valence-corrected chi connectivity index (χ0v) is 34.3. The van der Waals surface area contributed by atoms with Gasteiger partial charge >= 0.3 is 0 Å². The van der Waals surface area contributed by atoms with Gasteiger partial charge in [-0.1, -0.05) is 206 Å². The number of rotatable bonds is 6. The smallest absolute Gasteiger partial charge is 0.160 e. The third-order valence-corrected chi connectivity index (χ3v) is 13.2. The van der Waals surface area contributed by atoms with E-state index in [0.717, 1.165) is 33.6 Å². The van der Waals surface area contributed by atoms with E-state index >= 15 is 0 Å². The molecule has 2 nitrogen and oxygen atoms in total. The normalized spacial score (nSPS) is 14.3. The van der Waals surface area contributed by atoms with E-state index in [2.05, 4.69) is 231 Å².